The molecule has 0 aliphatic heterocycles. The highest BCUT2D eigenvalue weighted by atomic mass is 16.5. The molecule has 0 rings (SSSR count). The molecule has 5 heteroatoms. The molecule has 0 unspecified atom stereocenters. The van der Waals surface area contributed by atoms with Crippen LogP contribution in [0, 0.1) is 0 Å². The molecule has 0 aromatic heterocycles. The van der Waals surface area contributed by atoms with Gasteiger partial charge in [-0.15, -0.1) is 0 Å². The van der Waals surface area contributed by atoms with Crippen LogP contribution in [0.4, 0.5) is 0 Å². The van der Waals surface area contributed by atoms with Crippen molar-refractivity contribution in [1.29, 1.82) is 0 Å². The van der Waals surface area contributed by atoms with Crippen LogP contribution in [0.3, 0.4) is 0 Å². The number of carbonyl (C=O) groups excluding carboxylic acids is 2. The Kier molecular flexibility index (Phi) is 5.36. The Labute approximate surface area is 83.3 Å². The molecule has 0 saturated heterocycles. The average Bonchev–Trinajstić information content (AvgIpc) is 2.02. The topological polar surface area (TPSA) is 81.4 Å². The van der Waals surface area contributed by atoms with Gasteiger partial charge in [0.1, 0.15) is 5.70 Å². The van der Waals surface area contributed by atoms with Gasteiger partial charge >= 0.3 is 5.97 Å². The van der Waals surface area contributed by atoms with Crippen LogP contribution >= 0.6 is 0 Å². The minimum absolute atomic E-state index is 0.0170. The standard InChI is InChI=1S/C9H16N2O3/c1-4-14-8(12)5-7(10)9(13)11-6(2)3/h5-6H,4,10H2,1-3H3,(H,11,13)/b7-5-. The van der Waals surface area contributed by atoms with Gasteiger partial charge in [-0.2, -0.15) is 0 Å². The Balaban J connectivity index is 4.23. The molecule has 0 radical (unpaired) electrons. The van der Waals surface area contributed by atoms with Gasteiger partial charge in [0.25, 0.3) is 5.91 Å². The van der Waals surface area contributed by atoms with E-state index in [1.807, 2.05) is 0 Å². The molecule has 80 valence electrons. The number of carbonyl (C=O) groups is 2. The Morgan fingerprint density at radius 1 is 1.50 bits per heavy atom. The fourth-order valence-corrected chi connectivity index (χ4v) is 0.722. The number of nitrogens with two attached hydrogens (primary N) is 1. The van der Waals surface area contributed by atoms with Crippen LogP contribution in [0.2, 0.25) is 0 Å². The van der Waals surface area contributed by atoms with Crippen molar-refractivity contribution >= 4 is 11.9 Å². The molecule has 0 aromatic rings. The Hall–Kier alpha value is -1.52. The monoisotopic (exact) mass is 200 g/mol. The number of nitrogens with one attached hydrogen (secondary N) is 1. The summed E-state index contributed by atoms with van der Waals surface area (Å²) >= 11 is 0. The summed E-state index contributed by atoms with van der Waals surface area (Å²) in [6.07, 6.45) is 0.973. The van der Waals surface area contributed by atoms with Crippen LogP contribution in [0.5, 0.6) is 0 Å². The quantitative estimate of drug-likeness (QED) is 0.491. The van der Waals surface area contributed by atoms with Crippen molar-refractivity contribution in [2.24, 2.45) is 5.73 Å². The first-order valence-electron chi connectivity index (χ1n) is 4.42. The van der Waals surface area contributed by atoms with Crippen LogP contribution in [-0.2, 0) is 14.3 Å². The van der Waals surface area contributed by atoms with Gasteiger partial charge in [-0.05, 0) is 20.8 Å². The third-order valence-corrected chi connectivity index (χ3v) is 1.24. The van der Waals surface area contributed by atoms with Crippen molar-refractivity contribution in [3.63, 3.8) is 0 Å². The molecule has 5 nitrogen and oxygen atoms in total. The molecule has 14 heavy (non-hydrogen) atoms. The molecule has 0 aliphatic rings. The molecule has 0 heterocycles. The molecule has 0 atom stereocenters. The van der Waals surface area contributed by atoms with E-state index in [4.69, 9.17) is 5.73 Å². The van der Waals surface area contributed by atoms with Crippen molar-refractivity contribution in [3.8, 4) is 0 Å². The summed E-state index contributed by atoms with van der Waals surface area (Å²) in [6.45, 7) is 5.54. The number of ether oxygens (including phenoxy) is 1. The van der Waals surface area contributed by atoms with Crippen LogP contribution < -0.4 is 11.1 Å². The third kappa shape index (κ3) is 5.18. The molecular weight excluding hydrogens is 184 g/mol. The summed E-state index contributed by atoms with van der Waals surface area (Å²) in [4.78, 5) is 22.1. The largest absolute Gasteiger partial charge is 0.463 e. The maximum atomic E-state index is 11.2. The lowest BCUT2D eigenvalue weighted by atomic mass is 10.3. The number of rotatable bonds is 4. The van der Waals surface area contributed by atoms with Crippen molar-refractivity contribution in [2.75, 3.05) is 6.61 Å². The third-order valence-electron chi connectivity index (χ3n) is 1.24. The fourth-order valence-electron chi connectivity index (χ4n) is 0.722. The van der Waals surface area contributed by atoms with E-state index in [0.29, 0.717) is 0 Å². The fraction of sp³-hybridized carbons (Fsp3) is 0.556. The minimum atomic E-state index is -0.607. The second kappa shape index (κ2) is 6.01. The van der Waals surface area contributed by atoms with Crippen LogP contribution in [-0.4, -0.2) is 24.5 Å². The first-order valence-corrected chi connectivity index (χ1v) is 4.42. The lowest BCUT2D eigenvalue weighted by molar-refractivity contribution is -0.137. The highest BCUT2D eigenvalue weighted by Crippen LogP contribution is 1.89. The minimum Gasteiger partial charge on any atom is -0.463 e. The van der Waals surface area contributed by atoms with Crippen molar-refractivity contribution in [1.82, 2.24) is 5.32 Å². The van der Waals surface area contributed by atoms with Crippen LogP contribution in [0.1, 0.15) is 20.8 Å². The number of esters is 1. The zero-order chi connectivity index (χ0) is 11.1. The van der Waals surface area contributed by atoms with Gasteiger partial charge in [-0.25, -0.2) is 4.79 Å². The summed E-state index contributed by atoms with van der Waals surface area (Å²) < 4.78 is 4.59. The van der Waals surface area contributed by atoms with Gasteiger partial charge in [0.15, 0.2) is 0 Å². The zero-order valence-electron chi connectivity index (χ0n) is 8.66. The summed E-state index contributed by atoms with van der Waals surface area (Å²) in [5.74, 6) is -1.07. The van der Waals surface area contributed by atoms with E-state index in [1.54, 1.807) is 20.8 Å². The van der Waals surface area contributed by atoms with E-state index >= 15 is 0 Å². The summed E-state index contributed by atoms with van der Waals surface area (Å²) in [7, 11) is 0. The van der Waals surface area contributed by atoms with Gasteiger partial charge < -0.3 is 15.8 Å². The van der Waals surface area contributed by atoms with Crippen molar-refractivity contribution < 1.29 is 14.3 Å². The van der Waals surface area contributed by atoms with Crippen LogP contribution in [0.25, 0.3) is 0 Å². The molecule has 0 fully saturated rings. The highest BCUT2D eigenvalue weighted by Gasteiger charge is 2.08. The summed E-state index contributed by atoms with van der Waals surface area (Å²) in [5.41, 5.74) is 5.20. The maximum Gasteiger partial charge on any atom is 0.333 e. The van der Waals surface area contributed by atoms with Gasteiger partial charge in [0.05, 0.1) is 12.7 Å². The molecular formula is C9H16N2O3. The molecule has 0 saturated carbocycles. The zero-order valence-corrected chi connectivity index (χ0v) is 8.66. The maximum absolute atomic E-state index is 11.2. The first-order chi connectivity index (χ1) is 6.47. The second-order valence-corrected chi connectivity index (χ2v) is 2.98. The van der Waals surface area contributed by atoms with Crippen LogP contribution in [0.15, 0.2) is 11.8 Å². The molecule has 3 N–H and O–H groups in total. The normalized spacial score (nSPS) is 11.3. The number of hydrogen-bond donors (Lipinski definition) is 2. The smallest absolute Gasteiger partial charge is 0.333 e. The van der Waals surface area contributed by atoms with Gasteiger partial charge in [0, 0.05) is 6.04 Å². The predicted octanol–water partition coefficient (Wildman–Crippen LogP) is -0.0833. The molecule has 0 aliphatic carbocycles. The SMILES string of the molecule is CCOC(=O)/C=C(\N)C(=O)NC(C)C. The molecule has 1 amide bonds. The number of amides is 1. The lowest BCUT2D eigenvalue weighted by Crippen LogP contribution is -2.34. The first kappa shape index (κ1) is 12.5. The van der Waals surface area contributed by atoms with Gasteiger partial charge in [-0.3, -0.25) is 4.79 Å². The van der Waals surface area contributed by atoms with E-state index in [-0.39, 0.29) is 18.3 Å². The lowest BCUT2D eigenvalue weighted by Gasteiger charge is -2.07. The Morgan fingerprint density at radius 3 is 2.50 bits per heavy atom. The van der Waals surface area contributed by atoms with E-state index < -0.39 is 11.9 Å². The predicted molar refractivity (Wildman–Crippen MR) is 52.2 cm³/mol. The molecule has 0 bridgehead atoms. The summed E-state index contributed by atoms with van der Waals surface area (Å²) in [6, 6.07) is -0.0170. The molecule has 0 spiro atoms. The average molecular weight is 200 g/mol. The number of hydrogen-bond acceptors (Lipinski definition) is 4. The summed E-state index contributed by atoms with van der Waals surface area (Å²) in [5, 5.41) is 2.55. The van der Waals surface area contributed by atoms with E-state index in [2.05, 4.69) is 10.1 Å². The van der Waals surface area contributed by atoms with E-state index in [0.717, 1.165) is 6.08 Å². The second-order valence-electron chi connectivity index (χ2n) is 2.98. The van der Waals surface area contributed by atoms with Crippen molar-refractivity contribution in [2.45, 2.75) is 26.8 Å². The highest BCUT2D eigenvalue weighted by molar-refractivity contribution is 5.98. The van der Waals surface area contributed by atoms with Gasteiger partial charge in [-0.1, -0.05) is 0 Å². The van der Waals surface area contributed by atoms with Crippen molar-refractivity contribution in [3.05, 3.63) is 11.8 Å². The van der Waals surface area contributed by atoms with E-state index in [1.165, 1.54) is 0 Å². The Bertz CT molecular complexity index is 246. The Morgan fingerprint density at radius 2 is 2.07 bits per heavy atom. The van der Waals surface area contributed by atoms with Gasteiger partial charge in [0.2, 0.25) is 0 Å². The molecule has 0 aromatic carbocycles. The van der Waals surface area contributed by atoms with E-state index in [9.17, 15) is 9.59 Å².